The molecule has 1 saturated carbocycles. The summed E-state index contributed by atoms with van der Waals surface area (Å²) in [5.41, 5.74) is 2.53. The van der Waals surface area contributed by atoms with Crippen LogP contribution in [0.15, 0.2) is 84.9 Å². The van der Waals surface area contributed by atoms with Gasteiger partial charge in [-0.2, -0.15) is 0 Å². The Balaban J connectivity index is 1.49. The second kappa shape index (κ2) is 15.2. The van der Waals surface area contributed by atoms with Crippen LogP contribution in [-0.4, -0.2) is 56.1 Å². The maximum atomic E-state index is 13.4. The molecule has 0 aromatic heterocycles. The average Bonchev–Trinajstić information content (AvgIpc) is 3.48. The zero-order valence-electron chi connectivity index (χ0n) is 26.9. The second-order valence-electron chi connectivity index (χ2n) is 12.9. The average molecular weight is 618 g/mol. The Morgan fingerprint density at radius 2 is 1.51 bits per heavy atom. The Morgan fingerprint density at radius 1 is 0.889 bits per heavy atom. The van der Waals surface area contributed by atoms with E-state index in [1.54, 1.807) is 7.11 Å². The number of carbonyl (C=O) groups excluding carboxylic acids is 1. The highest BCUT2D eigenvalue weighted by molar-refractivity contribution is 5.68. The monoisotopic (exact) mass is 617 g/mol. The smallest absolute Gasteiger partial charge is 0.407 e. The number of carbonyl (C=O) groups is 1. The van der Waals surface area contributed by atoms with Gasteiger partial charge < -0.3 is 33.7 Å². The molecule has 3 aromatic carbocycles. The SMILES string of the molecule is COc1ccc(C[C@H](NC(=O)OC(C)(C)C)[C@@H](OCc2ccccc2)[C@H]2CC3(CC[C@@H]2OCc2ccccc2)OCCO3)cc1. The summed E-state index contributed by atoms with van der Waals surface area (Å²) >= 11 is 0. The van der Waals surface area contributed by atoms with E-state index in [4.69, 9.17) is 28.4 Å². The molecule has 45 heavy (non-hydrogen) atoms. The predicted molar refractivity (Wildman–Crippen MR) is 172 cm³/mol. The molecule has 8 heteroatoms. The molecule has 8 nitrogen and oxygen atoms in total. The van der Waals surface area contributed by atoms with Crippen molar-refractivity contribution in [3.8, 4) is 5.75 Å². The van der Waals surface area contributed by atoms with Crippen molar-refractivity contribution >= 4 is 6.09 Å². The predicted octanol–water partition coefficient (Wildman–Crippen LogP) is 6.85. The number of amides is 1. The van der Waals surface area contributed by atoms with Crippen LogP contribution >= 0.6 is 0 Å². The molecule has 0 unspecified atom stereocenters. The second-order valence-corrected chi connectivity index (χ2v) is 12.9. The summed E-state index contributed by atoms with van der Waals surface area (Å²) in [6.45, 7) is 7.55. The van der Waals surface area contributed by atoms with Crippen LogP contribution in [0, 0.1) is 5.92 Å². The standard InChI is InChI=1S/C37H47NO7/c1-36(2,3)45-35(39)38-32(23-27-15-17-30(40-4)18-16-27)34(42-26-29-13-9-6-10-14-29)31-24-37(43-21-22-44-37)20-19-33(31)41-25-28-11-7-5-8-12-28/h5-18,31-34H,19-26H2,1-4H3,(H,38,39)/t31-,32-,33-,34-/m0/s1. The van der Waals surface area contributed by atoms with Gasteiger partial charge in [-0.1, -0.05) is 72.8 Å². The summed E-state index contributed by atoms with van der Waals surface area (Å²) in [7, 11) is 1.65. The Hall–Kier alpha value is -3.43. The van der Waals surface area contributed by atoms with Crippen molar-refractivity contribution in [2.24, 2.45) is 5.92 Å². The molecule has 1 aliphatic carbocycles. The van der Waals surface area contributed by atoms with Crippen LogP contribution in [0.4, 0.5) is 4.79 Å². The lowest BCUT2D eigenvalue weighted by Crippen LogP contribution is -2.56. The minimum atomic E-state index is -0.692. The summed E-state index contributed by atoms with van der Waals surface area (Å²) in [6.07, 6.45) is 1.48. The van der Waals surface area contributed by atoms with Crippen LogP contribution in [0.1, 0.15) is 56.7 Å². The van der Waals surface area contributed by atoms with Crippen molar-refractivity contribution in [2.75, 3.05) is 20.3 Å². The molecule has 1 heterocycles. The topological polar surface area (TPSA) is 84.5 Å². The highest BCUT2D eigenvalue weighted by Crippen LogP contribution is 2.43. The first-order chi connectivity index (χ1) is 21.7. The molecule has 4 atom stereocenters. The third-order valence-corrected chi connectivity index (χ3v) is 8.38. The molecule has 2 fully saturated rings. The number of alkyl carbamates (subject to hydrolysis) is 1. The van der Waals surface area contributed by atoms with Crippen LogP contribution in [0.25, 0.3) is 0 Å². The van der Waals surface area contributed by atoms with E-state index in [-0.39, 0.29) is 12.0 Å². The lowest BCUT2D eigenvalue weighted by molar-refractivity contribution is -0.225. The van der Waals surface area contributed by atoms with E-state index in [1.807, 2.05) is 93.6 Å². The van der Waals surface area contributed by atoms with Gasteiger partial charge >= 0.3 is 6.09 Å². The first-order valence-electron chi connectivity index (χ1n) is 15.9. The first-order valence-corrected chi connectivity index (χ1v) is 15.9. The maximum absolute atomic E-state index is 13.4. The van der Waals surface area contributed by atoms with Gasteiger partial charge in [0, 0.05) is 18.8 Å². The van der Waals surface area contributed by atoms with Gasteiger partial charge in [0.05, 0.1) is 51.8 Å². The van der Waals surface area contributed by atoms with E-state index in [2.05, 4.69) is 17.4 Å². The highest BCUT2D eigenvalue weighted by atomic mass is 16.7. The number of nitrogens with one attached hydrogen (secondary N) is 1. The Morgan fingerprint density at radius 3 is 2.11 bits per heavy atom. The molecular formula is C37H47NO7. The number of ether oxygens (including phenoxy) is 6. The maximum Gasteiger partial charge on any atom is 0.407 e. The third-order valence-electron chi connectivity index (χ3n) is 8.38. The normalized spacial score (nSPS) is 20.8. The summed E-state index contributed by atoms with van der Waals surface area (Å²) in [6, 6.07) is 27.7. The van der Waals surface area contributed by atoms with E-state index >= 15 is 0 Å². The first kappa shape index (κ1) is 32.9. The fraction of sp³-hybridized carbons (Fsp3) is 0.486. The van der Waals surface area contributed by atoms with E-state index in [1.165, 1.54) is 0 Å². The minimum Gasteiger partial charge on any atom is -0.497 e. The molecule has 1 amide bonds. The molecule has 1 spiro atoms. The molecule has 1 aliphatic heterocycles. The summed E-state index contributed by atoms with van der Waals surface area (Å²) in [5.74, 6) is -0.0729. The van der Waals surface area contributed by atoms with Crippen molar-refractivity contribution in [1.82, 2.24) is 5.32 Å². The van der Waals surface area contributed by atoms with Gasteiger partial charge in [-0.25, -0.2) is 4.79 Å². The molecule has 0 bridgehead atoms. The van der Waals surface area contributed by atoms with Crippen LogP contribution < -0.4 is 10.1 Å². The van der Waals surface area contributed by atoms with Gasteiger partial charge in [0.1, 0.15) is 11.4 Å². The number of benzene rings is 3. The van der Waals surface area contributed by atoms with E-state index in [9.17, 15) is 4.79 Å². The fourth-order valence-corrected chi connectivity index (χ4v) is 6.27. The van der Waals surface area contributed by atoms with Crippen LogP contribution in [0.2, 0.25) is 0 Å². The van der Waals surface area contributed by atoms with Gasteiger partial charge in [-0.05, 0) is 62.4 Å². The molecule has 5 rings (SSSR count). The summed E-state index contributed by atoms with van der Waals surface area (Å²) < 4.78 is 37.2. The Bertz CT molecular complexity index is 1320. The molecule has 1 N–H and O–H groups in total. The number of methoxy groups -OCH3 is 1. The zero-order valence-corrected chi connectivity index (χ0v) is 26.9. The van der Waals surface area contributed by atoms with Gasteiger partial charge in [0.15, 0.2) is 5.79 Å². The molecular weight excluding hydrogens is 570 g/mol. The van der Waals surface area contributed by atoms with Crippen LogP contribution in [-0.2, 0) is 43.3 Å². The van der Waals surface area contributed by atoms with E-state index in [0.29, 0.717) is 39.3 Å². The molecule has 2 aliphatic rings. The van der Waals surface area contributed by atoms with Crippen molar-refractivity contribution in [1.29, 1.82) is 0 Å². The van der Waals surface area contributed by atoms with Gasteiger partial charge in [-0.15, -0.1) is 0 Å². The third kappa shape index (κ3) is 9.53. The van der Waals surface area contributed by atoms with E-state index in [0.717, 1.165) is 35.3 Å². The largest absolute Gasteiger partial charge is 0.497 e. The van der Waals surface area contributed by atoms with E-state index < -0.39 is 29.6 Å². The van der Waals surface area contributed by atoms with Gasteiger partial charge in [-0.3, -0.25) is 0 Å². The summed E-state index contributed by atoms with van der Waals surface area (Å²) in [5, 5.41) is 3.20. The molecule has 1 saturated heterocycles. The highest BCUT2D eigenvalue weighted by Gasteiger charge is 2.50. The zero-order chi connectivity index (χ0) is 31.7. The fourth-order valence-electron chi connectivity index (χ4n) is 6.27. The summed E-state index contributed by atoms with van der Waals surface area (Å²) in [4.78, 5) is 13.4. The van der Waals surface area contributed by atoms with Crippen molar-refractivity contribution in [3.05, 3.63) is 102 Å². The van der Waals surface area contributed by atoms with Crippen molar-refractivity contribution < 1.29 is 33.2 Å². The van der Waals surface area contributed by atoms with Crippen molar-refractivity contribution in [2.45, 2.75) is 89.3 Å². The molecule has 3 aromatic rings. The number of hydrogen-bond donors (Lipinski definition) is 1. The van der Waals surface area contributed by atoms with Gasteiger partial charge in [0.2, 0.25) is 0 Å². The van der Waals surface area contributed by atoms with Gasteiger partial charge in [0.25, 0.3) is 0 Å². The Labute approximate surface area is 267 Å². The van der Waals surface area contributed by atoms with Crippen LogP contribution in [0.3, 0.4) is 0 Å². The minimum absolute atomic E-state index is 0.150. The lowest BCUT2D eigenvalue weighted by Gasteiger charge is -2.45. The Kier molecular flexibility index (Phi) is 11.2. The lowest BCUT2D eigenvalue weighted by atomic mass is 9.76. The van der Waals surface area contributed by atoms with Crippen LogP contribution in [0.5, 0.6) is 5.75 Å². The quantitative estimate of drug-likeness (QED) is 0.238. The number of hydrogen-bond acceptors (Lipinski definition) is 7. The molecule has 242 valence electrons. The molecule has 0 radical (unpaired) electrons. The number of rotatable bonds is 12. The van der Waals surface area contributed by atoms with Crippen molar-refractivity contribution in [3.63, 3.8) is 0 Å².